The number of rotatable bonds is 4. The molecule has 3 aliphatic rings. The number of fused-ring (bicyclic) bond motifs is 1. The fraction of sp³-hybridized carbons (Fsp3) is 1.00. The first-order chi connectivity index (χ1) is 7.29. The van der Waals surface area contributed by atoms with Crippen molar-refractivity contribution in [2.24, 2.45) is 23.7 Å². The maximum absolute atomic E-state index is 2.79. The maximum Gasteiger partial charge on any atom is 0.0121 e. The quantitative estimate of drug-likeness (QED) is 0.684. The summed E-state index contributed by atoms with van der Waals surface area (Å²) >= 11 is 0. The molecule has 3 fully saturated rings. The molecular formula is C14H25N. The van der Waals surface area contributed by atoms with E-state index >= 15 is 0 Å². The zero-order valence-electron chi connectivity index (χ0n) is 10.3. The molecule has 3 aliphatic carbocycles. The molecule has 3 rings (SSSR count). The summed E-state index contributed by atoms with van der Waals surface area (Å²) < 4.78 is 0. The Bertz CT molecular complexity index is 237. The van der Waals surface area contributed by atoms with Crippen molar-refractivity contribution in [2.45, 2.75) is 52.0 Å². The monoisotopic (exact) mass is 207 g/mol. The van der Waals surface area contributed by atoms with Crippen molar-refractivity contribution < 1.29 is 0 Å². The van der Waals surface area contributed by atoms with Gasteiger partial charge in [-0.2, -0.15) is 0 Å². The van der Waals surface area contributed by atoms with Crippen LogP contribution in [0.4, 0.5) is 0 Å². The van der Waals surface area contributed by atoms with Gasteiger partial charge in [-0.3, -0.25) is 0 Å². The van der Waals surface area contributed by atoms with Gasteiger partial charge in [-0.25, -0.2) is 0 Å². The van der Waals surface area contributed by atoms with Crippen LogP contribution >= 0.6 is 0 Å². The van der Waals surface area contributed by atoms with Gasteiger partial charge in [0.2, 0.25) is 0 Å². The molecule has 0 aromatic rings. The molecule has 0 heterocycles. The molecule has 0 spiro atoms. The molecule has 3 saturated carbocycles. The Labute approximate surface area is 94.2 Å². The van der Waals surface area contributed by atoms with E-state index in [0.717, 1.165) is 29.7 Å². The largest absolute Gasteiger partial charge is 0.300 e. The van der Waals surface area contributed by atoms with Crippen molar-refractivity contribution >= 4 is 0 Å². The summed E-state index contributed by atoms with van der Waals surface area (Å²) in [6.07, 6.45) is 7.59. The minimum Gasteiger partial charge on any atom is -0.300 e. The topological polar surface area (TPSA) is 3.24 Å². The number of hydrogen-bond acceptors (Lipinski definition) is 1. The second kappa shape index (κ2) is 3.76. The molecule has 15 heavy (non-hydrogen) atoms. The van der Waals surface area contributed by atoms with Crippen molar-refractivity contribution in [1.82, 2.24) is 4.90 Å². The van der Waals surface area contributed by atoms with E-state index in [9.17, 15) is 0 Å². The molecule has 86 valence electrons. The molecule has 0 aromatic heterocycles. The second-order valence-electron chi connectivity index (χ2n) is 6.21. The van der Waals surface area contributed by atoms with Crippen LogP contribution in [-0.4, -0.2) is 24.0 Å². The molecule has 0 radical (unpaired) electrons. The summed E-state index contributed by atoms with van der Waals surface area (Å²) in [4.78, 5) is 2.79. The average molecular weight is 207 g/mol. The average Bonchev–Trinajstić information content (AvgIpc) is 2.20. The maximum atomic E-state index is 2.79. The molecule has 0 saturated heterocycles. The van der Waals surface area contributed by atoms with Crippen LogP contribution in [0.3, 0.4) is 0 Å². The lowest BCUT2D eigenvalue weighted by Crippen LogP contribution is -2.54. The molecular weight excluding hydrogens is 182 g/mol. The van der Waals surface area contributed by atoms with Crippen LogP contribution in [0.15, 0.2) is 0 Å². The van der Waals surface area contributed by atoms with Gasteiger partial charge in [-0.05, 0) is 62.3 Å². The SMILES string of the molecule is CCN(CC1CC2CCC21)C1CCC1C. The zero-order valence-corrected chi connectivity index (χ0v) is 10.3. The molecule has 0 amide bonds. The summed E-state index contributed by atoms with van der Waals surface area (Å²) in [6.45, 7) is 7.49. The molecule has 5 unspecified atom stereocenters. The minimum absolute atomic E-state index is 0.939. The fourth-order valence-electron chi connectivity index (χ4n) is 4.08. The van der Waals surface area contributed by atoms with E-state index in [1.807, 2.05) is 0 Å². The molecule has 0 N–H and O–H groups in total. The van der Waals surface area contributed by atoms with E-state index in [0.29, 0.717) is 0 Å². The highest BCUT2D eigenvalue weighted by Gasteiger charge is 2.47. The van der Waals surface area contributed by atoms with Crippen LogP contribution < -0.4 is 0 Å². The lowest BCUT2D eigenvalue weighted by Gasteiger charge is -2.56. The van der Waals surface area contributed by atoms with Gasteiger partial charge in [0.1, 0.15) is 0 Å². The first-order valence-electron chi connectivity index (χ1n) is 7.03. The lowest BCUT2D eigenvalue weighted by atomic mass is 9.53. The Balaban J connectivity index is 1.51. The third kappa shape index (κ3) is 1.54. The minimum atomic E-state index is 0.939. The van der Waals surface area contributed by atoms with E-state index < -0.39 is 0 Å². The summed E-state index contributed by atoms with van der Waals surface area (Å²) in [6, 6.07) is 0.939. The van der Waals surface area contributed by atoms with Crippen molar-refractivity contribution in [3.05, 3.63) is 0 Å². The standard InChI is InChI=1S/C14H25N/c1-3-15(14-7-4-10(14)2)9-12-8-11-5-6-13(11)12/h10-14H,3-9H2,1-2H3. The highest BCUT2D eigenvalue weighted by molar-refractivity contribution is 4.98. The lowest BCUT2D eigenvalue weighted by molar-refractivity contribution is -0.0592. The molecule has 0 aromatic carbocycles. The predicted molar refractivity (Wildman–Crippen MR) is 63.8 cm³/mol. The number of nitrogens with zero attached hydrogens (tertiary/aromatic N) is 1. The van der Waals surface area contributed by atoms with Crippen molar-refractivity contribution in [2.75, 3.05) is 13.1 Å². The van der Waals surface area contributed by atoms with Crippen molar-refractivity contribution in [3.63, 3.8) is 0 Å². The van der Waals surface area contributed by atoms with Gasteiger partial charge in [0.25, 0.3) is 0 Å². The van der Waals surface area contributed by atoms with Gasteiger partial charge in [0.15, 0.2) is 0 Å². The van der Waals surface area contributed by atoms with E-state index in [2.05, 4.69) is 18.7 Å². The molecule has 0 bridgehead atoms. The Morgan fingerprint density at radius 3 is 2.33 bits per heavy atom. The third-order valence-electron chi connectivity index (χ3n) is 5.61. The highest BCUT2D eigenvalue weighted by atomic mass is 15.2. The van der Waals surface area contributed by atoms with E-state index in [-0.39, 0.29) is 0 Å². The van der Waals surface area contributed by atoms with Crippen LogP contribution in [-0.2, 0) is 0 Å². The zero-order chi connectivity index (χ0) is 10.4. The van der Waals surface area contributed by atoms with E-state index in [1.165, 1.54) is 25.9 Å². The summed E-state index contributed by atoms with van der Waals surface area (Å²) in [5, 5.41) is 0. The van der Waals surface area contributed by atoms with Gasteiger partial charge >= 0.3 is 0 Å². The van der Waals surface area contributed by atoms with Gasteiger partial charge in [0.05, 0.1) is 0 Å². The smallest absolute Gasteiger partial charge is 0.0121 e. The third-order valence-corrected chi connectivity index (χ3v) is 5.61. The Hall–Kier alpha value is -0.0400. The van der Waals surface area contributed by atoms with E-state index in [4.69, 9.17) is 0 Å². The van der Waals surface area contributed by atoms with Gasteiger partial charge in [0, 0.05) is 12.6 Å². The molecule has 0 aliphatic heterocycles. The summed E-state index contributed by atoms with van der Waals surface area (Å²) in [5.41, 5.74) is 0. The molecule has 1 nitrogen and oxygen atoms in total. The summed E-state index contributed by atoms with van der Waals surface area (Å²) in [7, 11) is 0. The normalized spacial score (nSPS) is 47.8. The van der Waals surface area contributed by atoms with Crippen LogP contribution in [0.5, 0.6) is 0 Å². The highest BCUT2D eigenvalue weighted by Crippen LogP contribution is 2.54. The molecule has 1 heteroatoms. The van der Waals surface area contributed by atoms with E-state index in [1.54, 1.807) is 19.3 Å². The predicted octanol–water partition coefficient (Wildman–Crippen LogP) is 3.15. The van der Waals surface area contributed by atoms with Crippen LogP contribution in [0.1, 0.15) is 46.0 Å². The van der Waals surface area contributed by atoms with Crippen molar-refractivity contribution in [3.8, 4) is 0 Å². The second-order valence-corrected chi connectivity index (χ2v) is 6.21. The Kier molecular flexibility index (Phi) is 2.54. The van der Waals surface area contributed by atoms with Crippen LogP contribution in [0, 0.1) is 23.7 Å². The van der Waals surface area contributed by atoms with Gasteiger partial charge in [-0.1, -0.05) is 13.8 Å². The van der Waals surface area contributed by atoms with Crippen LogP contribution in [0.2, 0.25) is 0 Å². The fourth-order valence-corrected chi connectivity index (χ4v) is 4.08. The molecule has 5 atom stereocenters. The summed E-state index contributed by atoms with van der Waals surface area (Å²) in [5.74, 6) is 4.36. The Morgan fingerprint density at radius 1 is 1.13 bits per heavy atom. The first kappa shape index (κ1) is 10.1. The number of hydrogen-bond donors (Lipinski definition) is 0. The van der Waals surface area contributed by atoms with Crippen molar-refractivity contribution in [1.29, 1.82) is 0 Å². The Morgan fingerprint density at radius 2 is 2.00 bits per heavy atom. The van der Waals surface area contributed by atoms with Gasteiger partial charge < -0.3 is 4.90 Å². The van der Waals surface area contributed by atoms with Gasteiger partial charge in [-0.15, -0.1) is 0 Å². The van der Waals surface area contributed by atoms with Crippen LogP contribution in [0.25, 0.3) is 0 Å². The first-order valence-corrected chi connectivity index (χ1v) is 7.03.